The zero-order chi connectivity index (χ0) is 13.1. The van der Waals surface area contributed by atoms with Crippen molar-refractivity contribution in [3.05, 3.63) is 23.8 Å². The standard InChI is InChI=1S/C13H19O3P/c1-5-13(2,17)12(14)11-9(15-3)7-6-8-10(11)16-4/h6-8H,5,17H2,1-4H3. The molecule has 0 N–H and O–H groups in total. The van der Waals surface area contributed by atoms with Gasteiger partial charge in [0.05, 0.1) is 14.2 Å². The molecule has 0 aliphatic rings. The van der Waals surface area contributed by atoms with E-state index in [0.29, 0.717) is 17.1 Å². The first-order valence-electron chi connectivity index (χ1n) is 5.52. The van der Waals surface area contributed by atoms with Gasteiger partial charge in [-0.15, -0.1) is 9.24 Å². The van der Waals surface area contributed by atoms with Gasteiger partial charge in [-0.1, -0.05) is 13.0 Å². The van der Waals surface area contributed by atoms with Gasteiger partial charge in [-0.3, -0.25) is 4.79 Å². The van der Waals surface area contributed by atoms with Crippen molar-refractivity contribution in [3.63, 3.8) is 0 Å². The number of hydrogen-bond acceptors (Lipinski definition) is 3. The minimum Gasteiger partial charge on any atom is -0.496 e. The highest BCUT2D eigenvalue weighted by molar-refractivity contribution is 7.21. The van der Waals surface area contributed by atoms with E-state index in [9.17, 15) is 4.79 Å². The van der Waals surface area contributed by atoms with E-state index < -0.39 is 5.16 Å². The topological polar surface area (TPSA) is 35.5 Å². The molecule has 1 aromatic rings. The third-order valence-corrected chi connectivity index (χ3v) is 3.58. The van der Waals surface area contributed by atoms with E-state index in [-0.39, 0.29) is 5.78 Å². The van der Waals surface area contributed by atoms with Gasteiger partial charge in [-0.2, -0.15) is 0 Å². The van der Waals surface area contributed by atoms with E-state index in [1.54, 1.807) is 32.4 Å². The molecule has 3 nitrogen and oxygen atoms in total. The lowest BCUT2D eigenvalue weighted by molar-refractivity contribution is 0.0941. The monoisotopic (exact) mass is 254 g/mol. The number of benzene rings is 1. The summed E-state index contributed by atoms with van der Waals surface area (Å²) in [7, 11) is 5.71. The van der Waals surface area contributed by atoms with Gasteiger partial charge in [0.25, 0.3) is 0 Å². The van der Waals surface area contributed by atoms with Crippen LogP contribution in [-0.4, -0.2) is 25.2 Å². The van der Waals surface area contributed by atoms with Gasteiger partial charge in [0.2, 0.25) is 0 Å². The Labute approximate surface area is 105 Å². The fourth-order valence-electron chi connectivity index (χ4n) is 1.52. The number of carbonyl (C=O) groups is 1. The molecule has 94 valence electrons. The Kier molecular flexibility index (Phi) is 4.53. The lowest BCUT2D eigenvalue weighted by Crippen LogP contribution is -2.28. The van der Waals surface area contributed by atoms with Gasteiger partial charge in [0.15, 0.2) is 5.78 Å². The van der Waals surface area contributed by atoms with Crippen LogP contribution in [0.25, 0.3) is 0 Å². The fourth-order valence-corrected chi connectivity index (χ4v) is 1.67. The summed E-state index contributed by atoms with van der Waals surface area (Å²) in [6.45, 7) is 3.87. The highest BCUT2D eigenvalue weighted by atomic mass is 31.0. The Hall–Kier alpha value is -1.08. The molecular weight excluding hydrogens is 235 g/mol. The third kappa shape index (κ3) is 2.78. The molecule has 0 spiro atoms. The van der Waals surface area contributed by atoms with E-state index in [1.807, 2.05) is 13.8 Å². The van der Waals surface area contributed by atoms with Crippen molar-refractivity contribution in [2.24, 2.45) is 0 Å². The van der Waals surface area contributed by atoms with E-state index in [2.05, 4.69) is 9.24 Å². The molecule has 0 aliphatic heterocycles. The number of rotatable bonds is 5. The molecular formula is C13H19O3P. The molecule has 2 unspecified atom stereocenters. The van der Waals surface area contributed by atoms with Crippen LogP contribution >= 0.6 is 9.24 Å². The molecule has 2 atom stereocenters. The second-order valence-corrected chi connectivity index (χ2v) is 5.41. The molecule has 0 radical (unpaired) electrons. The van der Waals surface area contributed by atoms with Crippen LogP contribution in [0.1, 0.15) is 30.6 Å². The average molecular weight is 254 g/mol. The van der Waals surface area contributed by atoms with Crippen molar-refractivity contribution >= 4 is 15.0 Å². The van der Waals surface area contributed by atoms with Crippen LogP contribution in [0.3, 0.4) is 0 Å². The first-order valence-corrected chi connectivity index (χ1v) is 6.10. The zero-order valence-electron chi connectivity index (χ0n) is 10.7. The minimum absolute atomic E-state index is 0.0132. The summed E-state index contributed by atoms with van der Waals surface area (Å²) in [5, 5.41) is -0.498. The Morgan fingerprint density at radius 2 is 1.76 bits per heavy atom. The Balaban J connectivity index is 3.33. The van der Waals surface area contributed by atoms with Crippen molar-refractivity contribution in [1.29, 1.82) is 0 Å². The fraction of sp³-hybridized carbons (Fsp3) is 0.462. The Morgan fingerprint density at radius 1 is 1.29 bits per heavy atom. The van der Waals surface area contributed by atoms with Gasteiger partial charge >= 0.3 is 0 Å². The second kappa shape index (κ2) is 5.50. The molecule has 0 aliphatic carbocycles. The Bertz CT molecular complexity index is 391. The van der Waals surface area contributed by atoms with Crippen LogP contribution in [0.4, 0.5) is 0 Å². The third-order valence-electron chi connectivity index (χ3n) is 2.91. The van der Waals surface area contributed by atoms with Crippen molar-refractivity contribution in [2.75, 3.05) is 14.2 Å². The Morgan fingerprint density at radius 3 is 2.12 bits per heavy atom. The molecule has 1 aromatic carbocycles. The second-order valence-electron chi connectivity index (χ2n) is 4.14. The summed E-state index contributed by atoms with van der Waals surface area (Å²) in [4.78, 5) is 12.5. The molecule has 17 heavy (non-hydrogen) atoms. The molecule has 0 saturated heterocycles. The van der Waals surface area contributed by atoms with Crippen LogP contribution in [0.5, 0.6) is 11.5 Å². The molecule has 0 bridgehead atoms. The molecule has 0 heterocycles. The predicted molar refractivity (Wildman–Crippen MR) is 72.3 cm³/mol. The maximum Gasteiger partial charge on any atom is 0.179 e. The maximum atomic E-state index is 12.5. The van der Waals surface area contributed by atoms with E-state index in [1.165, 1.54) is 0 Å². The quantitative estimate of drug-likeness (QED) is 0.598. The zero-order valence-corrected chi connectivity index (χ0v) is 11.9. The van der Waals surface area contributed by atoms with Crippen molar-refractivity contribution in [1.82, 2.24) is 0 Å². The predicted octanol–water partition coefficient (Wildman–Crippen LogP) is 2.93. The van der Waals surface area contributed by atoms with Crippen LogP contribution in [0, 0.1) is 0 Å². The van der Waals surface area contributed by atoms with Crippen LogP contribution in [0.15, 0.2) is 18.2 Å². The summed E-state index contributed by atoms with van der Waals surface area (Å²) in [5.41, 5.74) is 0.511. The summed E-state index contributed by atoms with van der Waals surface area (Å²) in [5.74, 6) is 1.12. The first kappa shape index (κ1) is 14.0. The normalized spacial score (nSPS) is 13.9. The van der Waals surface area contributed by atoms with Crippen LogP contribution < -0.4 is 9.47 Å². The van der Waals surface area contributed by atoms with Gasteiger partial charge in [0.1, 0.15) is 17.1 Å². The summed E-state index contributed by atoms with van der Waals surface area (Å²) in [6.07, 6.45) is 0.734. The van der Waals surface area contributed by atoms with E-state index >= 15 is 0 Å². The number of methoxy groups -OCH3 is 2. The summed E-state index contributed by atoms with van der Waals surface area (Å²) < 4.78 is 10.5. The smallest absolute Gasteiger partial charge is 0.179 e. The van der Waals surface area contributed by atoms with Crippen molar-refractivity contribution < 1.29 is 14.3 Å². The minimum atomic E-state index is -0.498. The number of hydrogen-bond donors (Lipinski definition) is 0. The van der Waals surface area contributed by atoms with Gasteiger partial charge in [-0.25, -0.2) is 0 Å². The average Bonchev–Trinajstić information content (AvgIpc) is 2.36. The number of ketones is 1. The van der Waals surface area contributed by atoms with Crippen LogP contribution in [-0.2, 0) is 0 Å². The van der Waals surface area contributed by atoms with Gasteiger partial charge < -0.3 is 9.47 Å². The molecule has 0 amide bonds. The SMILES string of the molecule is CCC(C)(P)C(=O)c1c(OC)cccc1OC. The van der Waals surface area contributed by atoms with E-state index in [4.69, 9.17) is 9.47 Å². The van der Waals surface area contributed by atoms with Crippen LogP contribution in [0.2, 0.25) is 0 Å². The number of ether oxygens (including phenoxy) is 2. The number of Topliss-reactive ketones (excluding diaryl/α,β-unsaturated/α-hetero) is 1. The lowest BCUT2D eigenvalue weighted by Gasteiger charge is -2.23. The molecule has 0 aromatic heterocycles. The highest BCUT2D eigenvalue weighted by Crippen LogP contribution is 2.36. The molecule has 1 rings (SSSR count). The van der Waals surface area contributed by atoms with Crippen molar-refractivity contribution in [2.45, 2.75) is 25.4 Å². The van der Waals surface area contributed by atoms with Gasteiger partial charge in [0, 0.05) is 5.16 Å². The van der Waals surface area contributed by atoms with E-state index in [0.717, 1.165) is 6.42 Å². The number of carbonyl (C=O) groups excluding carboxylic acids is 1. The molecule has 0 fully saturated rings. The van der Waals surface area contributed by atoms with Gasteiger partial charge in [-0.05, 0) is 25.5 Å². The summed E-state index contributed by atoms with van der Waals surface area (Å²) >= 11 is 0. The summed E-state index contributed by atoms with van der Waals surface area (Å²) in [6, 6.07) is 5.35. The first-order chi connectivity index (χ1) is 7.97. The highest BCUT2D eigenvalue weighted by Gasteiger charge is 2.31. The molecule has 4 heteroatoms. The van der Waals surface area contributed by atoms with Crippen molar-refractivity contribution in [3.8, 4) is 11.5 Å². The molecule has 0 saturated carbocycles. The maximum absolute atomic E-state index is 12.5. The largest absolute Gasteiger partial charge is 0.496 e. The lowest BCUT2D eigenvalue weighted by atomic mass is 9.94.